The predicted molar refractivity (Wildman–Crippen MR) is 69.8 cm³/mol. The maximum absolute atomic E-state index is 3.34. The van der Waals surface area contributed by atoms with Crippen LogP contribution in [0.1, 0.15) is 25.8 Å². The van der Waals surface area contributed by atoms with Gasteiger partial charge in [0.2, 0.25) is 0 Å². The maximum atomic E-state index is 3.34. The first-order valence-corrected chi connectivity index (χ1v) is 5.86. The summed E-state index contributed by atoms with van der Waals surface area (Å²) in [6, 6.07) is 8.48. The van der Waals surface area contributed by atoms with Crippen molar-refractivity contribution in [2.45, 2.75) is 32.2 Å². The molecule has 0 amide bonds. The van der Waals surface area contributed by atoms with E-state index in [9.17, 15) is 0 Å². The molecule has 0 aliphatic heterocycles. The summed E-state index contributed by atoms with van der Waals surface area (Å²) in [5, 5.41) is 4.70. The van der Waals surface area contributed by atoms with Crippen molar-refractivity contribution in [2.75, 3.05) is 7.05 Å². The molecule has 2 N–H and O–H groups in total. The van der Waals surface area contributed by atoms with Crippen LogP contribution >= 0.6 is 0 Å². The lowest BCUT2D eigenvalue weighted by Crippen LogP contribution is -2.36. The largest absolute Gasteiger partial charge is 0.361 e. The number of aromatic nitrogens is 1. The van der Waals surface area contributed by atoms with Gasteiger partial charge in [-0.3, -0.25) is 0 Å². The van der Waals surface area contributed by atoms with E-state index in [0.717, 1.165) is 12.8 Å². The molecule has 0 unspecified atom stereocenters. The fourth-order valence-corrected chi connectivity index (χ4v) is 1.91. The number of aromatic amines is 1. The van der Waals surface area contributed by atoms with E-state index in [1.54, 1.807) is 0 Å². The zero-order chi connectivity index (χ0) is 11.6. The summed E-state index contributed by atoms with van der Waals surface area (Å²) in [5.41, 5.74) is 2.86. The number of para-hydroxylation sites is 1. The number of hydrogen-bond donors (Lipinski definition) is 2. The van der Waals surface area contributed by atoms with Gasteiger partial charge in [-0.15, -0.1) is 0 Å². The number of nitrogens with one attached hydrogen (secondary N) is 2. The Morgan fingerprint density at radius 1 is 1.25 bits per heavy atom. The fraction of sp³-hybridized carbons (Fsp3) is 0.429. The number of fused-ring (bicyclic) bond motifs is 1. The van der Waals surface area contributed by atoms with Crippen LogP contribution in [0, 0.1) is 0 Å². The Hall–Kier alpha value is -1.28. The van der Waals surface area contributed by atoms with Crippen LogP contribution in [0.4, 0.5) is 0 Å². The van der Waals surface area contributed by atoms with Crippen LogP contribution in [0.3, 0.4) is 0 Å². The van der Waals surface area contributed by atoms with Gasteiger partial charge in [0.15, 0.2) is 0 Å². The second kappa shape index (κ2) is 4.30. The minimum atomic E-state index is 0.207. The van der Waals surface area contributed by atoms with Gasteiger partial charge in [-0.25, -0.2) is 0 Å². The van der Waals surface area contributed by atoms with E-state index >= 15 is 0 Å². The Kier molecular flexibility index (Phi) is 3.01. The Morgan fingerprint density at radius 3 is 2.75 bits per heavy atom. The predicted octanol–water partition coefficient (Wildman–Crippen LogP) is 3.10. The molecule has 16 heavy (non-hydrogen) atoms. The Labute approximate surface area is 97.1 Å². The molecular formula is C14H20N2. The Balaban J connectivity index is 2.16. The first-order chi connectivity index (χ1) is 7.62. The molecular weight excluding hydrogens is 196 g/mol. The van der Waals surface area contributed by atoms with Gasteiger partial charge in [0, 0.05) is 22.6 Å². The van der Waals surface area contributed by atoms with Crippen LogP contribution < -0.4 is 5.32 Å². The standard InChI is InChI=1S/C14H20N2/c1-14(2,15-3)9-8-11-10-16-13-7-5-4-6-12(11)13/h4-7,10,15-16H,8-9H2,1-3H3. The van der Waals surface area contributed by atoms with Crippen LogP contribution in [-0.4, -0.2) is 17.6 Å². The number of rotatable bonds is 4. The SMILES string of the molecule is CNC(C)(C)CCc1c[nH]c2ccccc12. The molecule has 2 heteroatoms. The van der Waals surface area contributed by atoms with Crippen molar-refractivity contribution in [3.63, 3.8) is 0 Å². The van der Waals surface area contributed by atoms with Crippen molar-refractivity contribution in [1.82, 2.24) is 10.3 Å². The van der Waals surface area contributed by atoms with Crippen molar-refractivity contribution in [3.8, 4) is 0 Å². The van der Waals surface area contributed by atoms with Gasteiger partial charge in [0.1, 0.15) is 0 Å². The number of benzene rings is 1. The molecule has 0 radical (unpaired) electrons. The highest BCUT2D eigenvalue weighted by Gasteiger charge is 2.15. The van der Waals surface area contributed by atoms with Crippen LogP contribution in [0.5, 0.6) is 0 Å². The molecule has 2 aromatic rings. The molecule has 0 spiro atoms. The lowest BCUT2D eigenvalue weighted by atomic mass is 9.95. The summed E-state index contributed by atoms with van der Waals surface area (Å²) in [6.07, 6.45) is 4.39. The molecule has 86 valence electrons. The average molecular weight is 216 g/mol. The highest BCUT2D eigenvalue weighted by molar-refractivity contribution is 5.82. The molecule has 2 rings (SSSR count). The molecule has 0 saturated heterocycles. The van der Waals surface area contributed by atoms with Gasteiger partial charge >= 0.3 is 0 Å². The second-order valence-electron chi connectivity index (χ2n) is 4.99. The first-order valence-electron chi connectivity index (χ1n) is 5.86. The third-order valence-corrected chi connectivity index (χ3v) is 3.37. The summed E-state index contributed by atoms with van der Waals surface area (Å²) in [5.74, 6) is 0. The average Bonchev–Trinajstić information content (AvgIpc) is 2.70. The van der Waals surface area contributed by atoms with Crippen LogP contribution in [0.15, 0.2) is 30.5 Å². The molecule has 0 atom stereocenters. The summed E-state index contributed by atoms with van der Waals surface area (Å²) in [6.45, 7) is 4.48. The van der Waals surface area contributed by atoms with Crippen LogP contribution in [0.25, 0.3) is 10.9 Å². The number of H-pyrrole nitrogens is 1. The van der Waals surface area contributed by atoms with Gasteiger partial charge in [0.25, 0.3) is 0 Å². The van der Waals surface area contributed by atoms with E-state index in [2.05, 4.69) is 54.6 Å². The van der Waals surface area contributed by atoms with Gasteiger partial charge < -0.3 is 10.3 Å². The summed E-state index contributed by atoms with van der Waals surface area (Å²) < 4.78 is 0. The molecule has 0 aliphatic rings. The third-order valence-electron chi connectivity index (χ3n) is 3.37. The maximum Gasteiger partial charge on any atom is 0.0456 e. The summed E-state index contributed by atoms with van der Waals surface area (Å²) in [4.78, 5) is 3.32. The van der Waals surface area contributed by atoms with Gasteiger partial charge in [-0.1, -0.05) is 18.2 Å². The topological polar surface area (TPSA) is 27.8 Å². The number of hydrogen-bond acceptors (Lipinski definition) is 1. The molecule has 1 aromatic heterocycles. The van der Waals surface area contributed by atoms with Crippen molar-refractivity contribution < 1.29 is 0 Å². The van der Waals surface area contributed by atoms with Crippen molar-refractivity contribution in [2.24, 2.45) is 0 Å². The van der Waals surface area contributed by atoms with Crippen molar-refractivity contribution in [1.29, 1.82) is 0 Å². The van der Waals surface area contributed by atoms with Gasteiger partial charge in [0.05, 0.1) is 0 Å². The normalized spacial score (nSPS) is 12.2. The zero-order valence-electron chi connectivity index (χ0n) is 10.3. The Bertz CT molecular complexity index is 468. The quantitative estimate of drug-likeness (QED) is 0.807. The molecule has 0 saturated carbocycles. The van der Waals surface area contributed by atoms with Crippen molar-refractivity contribution in [3.05, 3.63) is 36.0 Å². The fourth-order valence-electron chi connectivity index (χ4n) is 1.91. The highest BCUT2D eigenvalue weighted by Crippen LogP contribution is 2.21. The van der Waals surface area contributed by atoms with E-state index in [0.29, 0.717) is 0 Å². The second-order valence-corrected chi connectivity index (χ2v) is 4.99. The molecule has 1 heterocycles. The van der Waals surface area contributed by atoms with E-state index in [1.807, 2.05) is 7.05 Å². The van der Waals surface area contributed by atoms with Crippen LogP contribution in [-0.2, 0) is 6.42 Å². The van der Waals surface area contributed by atoms with E-state index < -0.39 is 0 Å². The molecule has 0 aliphatic carbocycles. The van der Waals surface area contributed by atoms with E-state index in [1.165, 1.54) is 16.5 Å². The van der Waals surface area contributed by atoms with Gasteiger partial charge in [-0.2, -0.15) is 0 Å². The lowest BCUT2D eigenvalue weighted by molar-refractivity contribution is 0.394. The minimum absolute atomic E-state index is 0.207. The summed E-state index contributed by atoms with van der Waals surface area (Å²) >= 11 is 0. The Morgan fingerprint density at radius 2 is 2.00 bits per heavy atom. The molecule has 2 nitrogen and oxygen atoms in total. The summed E-state index contributed by atoms with van der Waals surface area (Å²) in [7, 11) is 2.02. The van der Waals surface area contributed by atoms with Gasteiger partial charge in [-0.05, 0) is 45.4 Å². The van der Waals surface area contributed by atoms with E-state index in [-0.39, 0.29) is 5.54 Å². The van der Waals surface area contributed by atoms with Crippen molar-refractivity contribution >= 4 is 10.9 Å². The lowest BCUT2D eigenvalue weighted by Gasteiger charge is -2.23. The highest BCUT2D eigenvalue weighted by atomic mass is 14.9. The van der Waals surface area contributed by atoms with E-state index in [4.69, 9.17) is 0 Å². The zero-order valence-corrected chi connectivity index (χ0v) is 10.3. The molecule has 0 bridgehead atoms. The minimum Gasteiger partial charge on any atom is -0.361 e. The molecule has 1 aromatic carbocycles. The third kappa shape index (κ3) is 2.27. The monoisotopic (exact) mass is 216 g/mol. The van der Waals surface area contributed by atoms with Crippen LogP contribution in [0.2, 0.25) is 0 Å². The number of aryl methyl sites for hydroxylation is 1. The smallest absolute Gasteiger partial charge is 0.0456 e. The first kappa shape index (κ1) is 11.2. The molecule has 0 fully saturated rings.